The molecule has 0 radical (unpaired) electrons. The number of carbonyl (C=O) groups is 1. The summed E-state index contributed by atoms with van der Waals surface area (Å²) in [7, 11) is 2.11. The van der Waals surface area contributed by atoms with E-state index in [9.17, 15) is 10.1 Å². The average Bonchev–Trinajstić information content (AvgIpc) is 3.56. The average molecular weight is 503 g/mol. The third kappa shape index (κ3) is 5.13. The Morgan fingerprint density at radius 2 is 1.89 bits per heavy atom. The van der Waals surface area contributed by atoms with Gasteiger partial charge in [-0.2, -0.15) is 10.5 Å². The van der Waals surface area contributed by atoms with Gasteiger partial charge < -0.3 is 15.1 Å². The summed E-state index contributed by atoms with van der Waals surface area (Å²) in [4.78, 5) is 32.3. The van der Waals surface area contributed by atoms with E-state index in [1.165, 1.54) is 29.3 Å². The number of piperazine rings is 1. The molecule has 0 unspecified atom stereocenters. The predicted molar refractivity (Wildman–Crippen MR) is 134 cm³/mol. The molecule has 2 aromatic heterocycles. The molecule has 1 saturated heterocycles. The summed E-state index contributed by atoms with van der Waals surface area (Å²) in [5.74, 6) is 1.33. The normalized spacial score (nSPS) is 16.8. The Morgan fingerprint density at radius 1 is 1.14 bits per heavy atom. The number of rotatable bonds is 7. The van der Waals surface area contributed by atoms with Gasteiger partial charge in [0.25, 0.3) is 0 Å². The van der Waals surface area contributed by atoms with Crippen molar-refractivity contribution in [2.24, 2.45) is 5.41 Å². The van der Waals surface area contributed by atoms with Gasteiger partial charge in [0.2, 0.25) is 0 Å². The molecule has 3 aromatic rings. The van der Waals surface area contributed by atoms with Gasteiger partial charge in [-0.1, -0.05) is 23.5 Å². The first-order valence-electron chi connectivity index (χ1n) is 11.2. The molecule has 1 N–H and O–H groups in total. The predicted octanol–water partition coefficient (Wildman–Crippen LogP) is 3.94. The van der Waals surface area contributed by atoms with Crippen LogP contribution in [-0.2, 0) is 0 Å². The van der Waals surface area contributed by atoms with E-state index in [4.69, 9.17) is 10.2 Å². The van der Waals surface area contributed by atoms with Crippen LogP contribution in [-0.4, -0.2) is 58.9 Å². The lowest BCUT2D eigenvalue weighted by molar-refractivity contribution is 0.0934. The van der Waals surface area contributed by atoms with E-state index < -0.39 is 5.41 Å². The Balaban J connectivity index is 1.39. The number of Topliss-reactive ketones (excluding diaryl/α,β-unsaturated/α-hetero) is 1. The summed E-state index contributed by atoms with van der Waals surface area (Å²) in [6.45, 7) is 3.63. The number of aromatic nitrogens is 3. The van der Waals surface area contributed by atoms with Crippen molar-refractivity contribution < 1.29 is 4.79 Å². The monoisotopic (exact) mass is 502 g/mol. The lowest BCUT2D eigenvalue weighted by atomic mass is 9.96. The summed E-state index contributed by atoms with van der Waals surface area (Å²) >= 11 is 2.67. The van der Waals surface area contributed by atoms with Crippen molar-refractivity contribution in [2.45, 2.75) is 22.9 Å². The number of hydrogen-bond acceptors (Lipinski definition) is 11. The Kier molecular flexibility index (Phi) is 6.39. The van der Waals surface area contributed by atoms with Crippen LogP contribution < -0.4 is 10.2 Å². The summed E-state index contributed by atoms with van der Waals surface area (Å²) in [6, 6.07) is 13.4. The zero-order chi connectivity index (χ0) is 24.4. The van der Waals surface area contributed by atoms with Crippen LogP contribution in [0.4, 0.5) is 16.8 Å². The minimum Gasteiger partial charge on any atom is -0.354 e. The lowest BCUT2D eigenvalue weighted by Gasteiger charge is -2.33. The van der Waals surface area contributed by atoms with Gasteiger partial charge in [-0.15, -0.1) is 0 Å². The van der Waals surface area contributed by atoms with Crippen molar-refractivity contribution in [3.05, 3.63) is 47.0 Å². The number of nitrogens with one attached hydrogen (secondary N) is 1. The molecular weight excluding hydrogens is 480 g/mol. The molecule has 1 saturated carbocycles. The van der Waals surface area contributed by atoms with Gasteiger partial charge in [-0.3, -0.25) is 4.79 Å². The topological polar surface area (TPSA) is 122 Å². The van der Waals surface area contributed by atoms with Gasteiger partial charge >= 0.3 is 0 Å². The maximum atomic E-state index is 12.6. The SMILES string of the molecule is CN1CCN(c2cc(Nc3ncc(C#N)s3)nc(Sc3ccc(C(=O)C4(C#N)CC4)cc3)n2)CC1. The molecule has 3 heterocycles. The molecule has 176 valence electrons. The van der Waals surface area contributed by atoms with Crippen LogP contribution in [0.5, 0.6) is 0 Å². The Hall–Kier alpha value is -3.51. The highest BCUT2D eigenvalue weighted by molar-refractivity contribution is 7.99. The van der Waals surface area contributed by atoms with Crippen molar-refractivity contribution >= 4 is 45.6 Å². The molecule has 35 heavy (non-hydrogen) atoms. The number of benzene rings is 1. The quantitative estimate of drug-likeness (QED) is 0.375. The first-order chi connectivity index (χ1) is 17.0. The highest BCUT2D eigenvalue weighted by Gasteiger charge is 2.50. The number of hydrogen-bond donors (Lipinski definition) is 1. The van der Waals surface area contributed by atoms with Crippen molar-refractivity contribution in [2.75, 3.05) is 43.4 Å². The molecule has 1 aromatic carbocycles. The third-order valence-corrected chi connectivity index (χ3v) is 7.79. The van der Waals surface area contributed by atoms with E-state index in [2.05, 4.69) is 44.3 Å². The molecule has 1 aliphatic heterocycles. The third-order valence-electron chi connectivity index (χ3n) is 6.09. The van der Waals surface area contributed by atoms with Crippen molar-refractivity contribution in [3.8, 4) is 12.1 Å². The van der Waals surface area contributed by atoms with E-state index in [1.807, 2.05) is 18.2 Å². The lowest BCUT2D eigenvalue weighted by Crippen LogP contribution is -2.44. The van der Waals surface area contributed by atoms with Gasteiger partial charge in [0.15, 0.2) is 16.1 Å². The number of likely N-dealkylation sites (N-methyl/N-ethyl adjacent to an activating group) is 1. The number of ketones is 1. The van der Waals surface area contributed by atoms with Gasteiger partial charge in [0, 0.05) is 42.7 Å². The van der Waals surface area contributed by atoms with Crippen LogP contribution >= 0.6 is 23.1 Å². The Labute approximate surface area is 211 Å². The summed E-state index contributed by atoms with van der Waals surface area (Å²) in [6.07, 6.45) is 2.80. The first-order valence-corrected chi connectivity index (χ1v) is 12.8. The van der Waals surface area contributed by atoms with E-state index >= 15 is 0 Å². The van der Waals surface area contributed by atoms with Crippen LogP contribution in [0, 0.1) is 28.1 Å². The van der Waals surface area contributed by atoms with Crippen LogP contribution in [0.1, 0.15) is 28.1 Å². The van der Waals surface area contributed by atoms with Crippen LogP contribution in [0.3, 0.4) is 0 Å². The van der Waals surface area contributed by atoms with E-state index in [0.29, 0.717) is 39.4 Å². The molecule has 0 amide bonds. The minimum absolute atomic E-state index is 0.100. The fourth-order valence-electron chi connectivity index (χ4n) is 3.78. The van der Waals surface area contributed by atoms with Crippen LogP contribution in [0.2, 0.25) is 0 Å². The maximum absolute atomic E-state index is 12.6. The number of nitrogens with zero attached hydrogens (tertiary/aromatic N) is 7. The fraction of sp³-hybridized carbons (Fsp3) is 0.333. The minimum atomic E-state index is -0.823. The molecule has 0 spiro atoms. The van der Waals surface area contributed by atoms with Gasteiger partial charge in [0.1, 0.15) is 28.0 Å². The highest BCUT2D eigenvalue weighted by atomic mass is 32.2. The molecule has 5 rings (SSSR count). The highest BCUT2D eigenvalue weighted by Crippen LogP contribution is 2.47. The van der Waals surface area contributed by atoms with Crippen LogP contribution in [0.25, 0.3) is 0 Å². The fourth-order valence-corrected chi connectivity index (χ4v) is 5.17. The molecule has 0 atom stereocenters. The second-order valence-electron chi connectivity index (χ2n) is 8.60. The molecule has 0 bridgehead atoms. The molecule has 2 fully saturated rings. The van der Waals surface area contributed by atoms with Gasteiger partial charge in [0.05, 0.1) is 12.3 Å². The van der Waals surface area contributed by atoms with E-state index in [1.54, 1.807) is 12.1 Å². The largest absolute Gasteiger partial charge is 0.354 e. The second kappa shape index (κ2) is 9.62. The van der Waals surface area contributed by atoms with Gasteiger partial charge in [-0.05, 0) is 43.8 Å². The molecular formula is C24H22N8OS2. The second-order valence-corrected chi connectivity index (χ2v) is 10.7. The summed E-state index contributed by atoms with van der Waals surface area (Å²) in [5.41, 5.74) is -0.268. The molecule has 1 aliphatic carbocycles. The number of thiazole rings is 1. The standard InChI is InChI=1S/C24H22N8OS2/c1-31-8-10-32(11-9-31)20-12-19(28-22-27-14-18(13-25)35-22)29-23(30-20)34-17-4-2-16(3-5-17)21(33)24(15-26)6-7-24/h2-5,12,14H,6-11H2,1H3,(H,27,28,29,30). The smallest absolute Gasteiger partial charge is 0.196 e. The Bertz CT molecular complexity index is 1330. The molecule has 9 nitrogen and oxygen atoms in total. The summed E-state index contributed by atoms with van der Waals surface area (Å²) < 4.78 is 0. The number of nitriles is 2. The van der Waals surface area contributed by atoms with Crippen LogP contribution in [0.15, 0.2) is 46.6 Å². The van der Waals surface area contributed by atoms with E-state index in [-0.39, 0.29) is 5.78 Å². The number of carbonyl (C=O) groups excluding carboxylic acids is 1. The molecule has 2 aliphatic rings. The number of anilines is 3. The maximum Gasteiger partial charge on any atom is 0.196 e. The van der Waals surface area contributed by atoms with E-state index in [0.717, 1.165) is 36.9 Å². The zero-order valence-corrected chi connectivity index (χ0v) is 20.7. The van der Waals surface area contributed by atoms with Crippen molar-refractivity contribution in [3.63, 3.8) is 0 Å². The first kappa shape index (κ1) is 23.2. The Morgan fingerprint density at radius 3 is 2.51 bits per heavy atom. The summed E-state index contributed by atoms with van der Waals surface area (Å²) in [5, 5.41) is 22.8. The van der Waals surface area contributed by atoms with Crippen molar-refractivity contribution in [1.29, 1.82) is 10.5 Å². The zero-order valence-electron chi connectivity index (χ0n) is 19.1. The van der Waals surface area contributed by atoms with Gasteiger partial charge in [-0.25, -0.2) is 15.0 Å². The molecule has 11 heteroatoms. The van der Waals surface area contributed by atoms with Crippen molar-refractivity contribution in [1.82, 2.24) is 19.9 Å².